The zero-order valence-electron chi connectivity index (χ0n) is 50.0. The molecule has 0 bridgehead atoms. The highest BCUT2D eigenvalue weighted by Gasteiger charge is 2.19. The van der Waals surface area contributed by atoms with Gasteiger partial charge in [0.1, 0.15) is 13.2 Å². The first kappa shape index (κ1) is 72.3. The lowest BCUT2D eigenvalue weighted by atomic mass is 10.0. The van der Waals surface area contributed by atoms with Crippen molar-refractivity contribution in [3.8, 4) is 0 Å². The Balaban J connectivity index is 4.04. The van der Waals surface area contributed by atoms with Gasteiger partial charge in [-0.3, -0.25) is 14.4 Å². The van der Waals surface area contributed by atoms with E-state index >= 15 is 0 Å². The van der Waals surface area contributed by atoms with Crippen molar-refractivity contribution < 1.29 is 28.6 Å². The van der Waals surface area contributed by atoms with Gasteiger partial charge < -0.3 is 14.2 Å². The molecule has 0 radical (unpaired) electrons. The molecule has 0 aromatic rings. The van der Waals surface area contributed by atoms with Crippen molar-refractivity contribution in [2.24, 2.45) is 0 Å². The average Bonchev–Trinajstić information content (AvgIpc) is 3.42. The highest BCUT2D eigenvalue weighted by atomic mass is 16.6. The third-order valence-corrected chi connectivity index (χ3v) is 13.8. The number of allylic oxidation sites excluding steroid dienone is 16. The zero-order valence-corrected chi connectivity index (χ0v) is 50.0. The van der Waals surface area contributed by atoms with E-state index in [1.165, 1.54) is 154 Å². The van der Waals surface area contributed by atoms with E-state index in [0.717, 1.165) is 116 Å². The molecule has 0 amide bonds. The summed E-state index contributed by atoms with van der Waals surface area (Å²) < 4.78 is 16.8. The van der Waals surface area contributed by atoms with Gasteiger partial charge in [-0.15, -0.1) is 0 Å². The molecule has 0 N–H and O–H groups in total. The van der Waals surface area contributed by atoms with E-state index in [9.17, 15) is 14.4 Å². The Morgan fingerprint density at radius 2 is 0.513 bits per heavy atom. The smallest absolute Gasteiger partial charge is 0.306 e. The van der Waals surface area contributed by atoms with Crippen LogP contribution in [-0.4, -0.2) is 37.2 Å². The standard InChI is InChI=1S/C70H120O6/c1-4-7-10-13-16-19-22-24-25-26-27-28-29-30-31-32-33-34-35-36-37-38-39-40-41-42-43-44-45-47-48-51-54-57-60-63-69(72)75-66-67(65-74-68(71)62-59-56-53-50-21-18-15-12-9-6-3)76-70(73)64-61-58-55-52-49-46-23-20-17-14-11-8-5-2/h7-8,10-11,16-17,19-20,24-25,27-28,30-31,46,49,67H,4-6,9,12-15,18,21-23,26,29,32-45,47-48,50-66H2,1-3H3/b10-7-,11-8-,19-16-,20-17-,25-24-,28-27-,31-30-,49-46-. The van der Waals surface area contributed by atoms with Crippen molar-refractivity contribution in [1.29, 1.82) is 0 Å². The molecule has 0 aromatic heterocycles. The molecule has 6 nitrogen and oxygen atoms in total. The van der Waals surface area contributed by atoms with Crippen LogP contribution in [0, 0.1) is 0 Å². The number of rotatable bonds is 58. The Morgan fingerprint density at radius 1 is 0.276 bits per heavy atom. The van der Waals surface area contributed by atoms with Crippen molar-refractivity contribution >= 4 is 17.9 Å². The maximum atomic E-state index is 12.8. The first-order chi connectivity index (χ1) is 37.5. The Morgan fingerprint density at radius 3 is 0.816 bits per heavy atom. The van der Waals surface area contributed by atoms with Crippen molar-refractivity contribution in [1.82, 2.24) is 0 Å². The number of hydrogen-bond acceptors (Lipinski definition) is 6. The number of ether oxygens (including phenoxy) is 3. The fourth-order valence-corrected chi connectivity index (χ4v) is 9.07. The second-order valence-electron chi connectivity index (χ2n) is 21.3. The van der Waals surface area contributed by atoms with Crippen LogP contribution < -0.4 is 0 Å². The van der Waals surface area contributed by atoms with Gasteiger partial charge in [-0.05, 0) is 96.3 Å². The molecule has 1 atom stereocenters. The quantitative estimate of drug-likeness (QED) is 0.0261. The molecule has 0 aliphatic carbocycles. The predicted molar refractivity (Wildman–Crippen MR) is 330 cm³/mol. The lowest BCUT2D eigenvalue weighted by molar-refractivity contribution is -0.167. The minimum Gasteiger partial charge on any atom is -0.462 e. The van der Waals surface area contributed by atoms with Crippen LogP contribution >= 0.6 is 0 Å². The number of carbonyl (C=O) groups excluding carboxylic acids is 3. The van der Waals surface area contributed by atoms with Crippen LogP contribution in [0.25, 0.3) is 0 Å². The zero-order chi connectivity index (χ0) is 55.0. The van der Waals surface area contributed by atoms with Crippen molar-refractivity contribution in [2.45, 2.75) is 316 Å². The first-order valence-electron chi connectivity index (χ1n) is 32.2. The summed E-state index contributed by atoms with van der Waals surface area (Å²) in [6.07, 6.45) is 85.9. The topological polar surface area (TPSA) is 78.9 Å². The SMILES string of the molecule is CC/C=C\C/C=C\C/C=C\C/C=C\C/C=C\CCCCCCCCCCCCCCCCCCCCCC(=O)OCC(COC(=O)CCCCCCCCCCCC)OC(=O)CCCCC/C=C\C/C=C\C/C=C\CC. The van der Waals surface area contributed by atoms with Crippen LogP contribution in [0.15, 0.2) is 97.2 Å². The summed E-state index contributed by atoms with van der Waals surface area (Å²) in [4.78, 5) is 38.1. The summed E-state index contributed by atoms with van der Waals surface area (Å²) >= 11 is 0. The maximum Gasteiger partial charge on any atom is 0.306 e. The molecule has 0 saturated heterocycles. The molecule has 76 heavy (non-hydrogen) atoms. The van der Waals surface area contributed by atoms with Gasteiger partial charge in [-0.2, -0.15) is 0 Å². The Kier molecular flexibility index (Phi) is 60.8. The normalized spacial score (nSPS) is 12.7. The number of hydrogen-bond donors (Lipinski definition) is 0. The van der Waals surface area contributed by atoms with Gasteiger partial charge in [0, 0.05) is 19.3 Å². The Hall–Kier alpha value is -3.67. The van der Waals surface area contributed by atoms with E-state index in [0.29, 0.717) is 19.3 Å². The fourth-order valence-electron chi connectivity index (χ4n) is 9.07. The summed E-state index contributed by atoms with van der Waals surface area (Å²) in [5, 5.41) is 0. The van der Waals surface area contributed by atoms with Gasteiger partial charge in [-0.1, -0.05) is 291 Å². The number of esters is 3. The van der Waals surface area contributed by atoms with Gasteiger partial charge in [0.05, 0.1) is 0 Å². The third-order valence-electron chi connectivity index (χ3n) is 13.8. The minimum atomic E-state index is -0.788. The van der Waals surface area contributed by atoms with Crippen molar-refractivity contribution in [2.75, 3.05) is 13.2 Å². The van der Waals surface area contributed by atoms with E-state index < -0.39 is 6.10 Å². The Bertz CT molecular complexity index is 1490. The number of carbonyl (C=O) groups is 3. The highest BCUT2D eigenvalue weighted by Crippen LogP contribution is 2.17. The molecule has 6 heteroatoms. The van der Waals surface area contributed by atoms with Crippen LogP contribution in [0.2, 0.25) is 0 Å². The summed E-state index contributed by atoms with van der Waals surface area (Å²) in [5.41, 5.74) is 0. The van der Waals surface area contributed by atoms with E-state index in [-0.39, 0.29) is 31.1 Å². The molecular formula is C70H120O6. The van der Waals surface area contributed by atoms with Crippen LogP contribution in [0.3, 0.4) is 0 Å². The monoisotopic (exact) mass is 1060 g/mol. The molecule has 0 aromatic carbocycles. The molecule has 436 valence electrons. The van der Waals surface area contributed by atoms with Crippen LogP contribution in [0.1, 0.15) is 310 Å². The molecule has 0 saturated carbocycles. The van der Waals surface area contributed by atoms with E-state index in [4.69, 9.17) is 14.2 Å². The second-order valence-corrected chi connectivity index (χ2v) is 21.3. The molecule has 0 aliphatic heterocycles. The van der Waals surface area contributed by atoms with Crippen LogP contribution in [0.5, 0.6) is 0 Å². The van der Waals surface area contributed by atoms with Gasteiger partial charge in [0.15, 0.2) is 6.10 Å². The summed E-state index contributed by atoms with van der Waals surface area (Å²) in [7, 11) is 0. The van der Waals surface area contributed by atoms with E-state index in [2.05, 4.69) is 118 Å². The third kappa shape index (κ3) is 61.2. The fraction of sp³-hybridized carbons (Fsp3) is 0.729. The van der Waals surface area contributed by atoms with Crippen LogP contribution in [-0.2, 0) is 28.6 Å². The lowest BCUT2D eigenvalue weighted by Crippen LogP contribution is -2.30. The molecule has 0 aliphatic rings. The van der Waals surface area contributed by atoms with Gasteiger partial charge in [0.2, 0.25) is 0 Å². The van der Waals surface area contributed by atoms with Gasteiger partial charge in [-0.25, -0.2) is 0 Å². The molecule has 0 rings (SSSR count). The van der Waals surface area contributed by atoms with Crippen molar-refractivity contribution in [3.05, 3.63) is 97.2 Å². The molecule has 0 heterocycles. The summed E-state index contributed by atoms with van der Waals surface area (Å²) in [6.45, 7) is 6.39. The lowest BCUT2D eigenvalue weighted by Gasteiger charge is -2.18. The predicted octanol–water partition coefficient (Wildman–Crippen LogP) is 22.0. The Labute approximate surface area is 470 Å². The maximum absolute atomic E-state index is 12.8. The van der Waals surface area contributed by atoms with Gasteiger partial charge in [0.25, 0.3) is 0 Å². The first-order valence-corrected chi connectivity index (χ1v) is 32.2. The van der Waals surface area contributed by atoms with Crippen LogP contribution in [0.4, 0.5) is 0 Å². The average molecular weight is 1060 g/mol. The minimum absolute atomic E-state index is 0.0846. The molecular weight excluding hydrogens is 937 g/mol. The molecule has 0 spiro atoms. The summed E-state index contributed by atoms with van der Waals surface area (Å²) in [6, 6.07) is 0. The highest BCUT2D eigenvalue weighted by molar-refractivity contribution is 5.71. The summed E-state index contributed by atoms with van der Waals surface area (Å²) in [5.74, 6) is -0.906. The van der Waals surface area contributed by atoms with E-state index in [1.54, 1.807) is 0 Å². The largest absolute Gasteiger partial charge is 0.462 e. The van der Waals surface area contributed by atoms with Crippen molar-refractivity contribution in [3.63, 3.8) is 0 Å². The molecule has 0 fully saturated rings. The number of unbranched alkanes of at least 4 members (excludes halogenated alkanes) is 31. The molecule has 1 unspecified atom stereocenters. The van der Waals surface area contributed by atoms with Gasteiger partial charge >= 0.3 is 17.9 Å². The second kappa shape index (κ2) is 63.9. The van der Waals surface area contributed by atoms with E-state index in [1.807, 2.05) is 0 Å².